The average Bonchev–Trinajstić information content (AvgIpc) is 2.59. The Hall–Kier alpha value is -1.02. The first kappa shape index (κ1) is 10.5. The molecule has 80 valence electrons. The third kappa shape index (κ3) is 1.74. The molecule has 1 aromatic carbocycles. The number of nitrogens with one attached hydrogen (secondary N) is 1. The lowest BCUT2D eigenvalue weighted by atomic mass is 10.1. The quantitative estimate of drug-likeness (QED) is 0.743. The third-order valence-electron chi connectivity index (χ3n) is 2.99. The standard InChI is InChI=1S/C13H19NSi/c1-5-10-7-6-8-11-12(15(2,3)4)9-14-13(10)11/h6-9,14H,5H2,1-4H3. The molecular formula is C13H19NSi. The fourth-order valence-electron chi connectivity index (χ4n) is 2.13. The van der Waals surface area contributed by atoms with Crippen molar-refractivity contribution in [3.8, 4) is 0 Å². The first-order valence-corrected chi connectivity index (χ1v) is 9.13. The van der Waals surface area contributed by atoms with Crippen molar-refractivity contribution < 1.29 is 0 Å². The zero-order valence-electron chi connectivity index (χ0n) is 10.0. The van der Waals surface area contributed by atoms with E-state index in [9.17, 15) is 0 Å². The van der Waals surface area contributed by atoms with Crippen molar-refractivity contribution in [2.24, 2.45) is 0 Å². The summed E-state index contributed by atoms with van der Waals surface area (Å²) < 4.78 is 0. The number of aryl methyl sites for hydroxylation is 1. The minimum absolute atomic E-state index is 1.10. The number of hydrogen-bond donors (Lipinski definition) is 1. The highest BCUT2D eigenvalue weighted by atomic mass is 28.3. The minimum Gasteiger partial charge on any atom is -0.361 e. The number of hydrogen-bond acceptors (Lipinski definition) is 0. The zero-order chi connectivity index (χ0) is 11.1. The Labute approximate surface area is 92.5 Å². The largest absolute Gasteiger partial charge is 0.361 e. The van der Waals surface area contributed by atoms with Gasteiger partial charge < -0.3 is 4.98 Å². The molecule has 2 heteroatoms. The van der Waals surface area contributed by atoms with Gasteiger partial charge in [-0.25, -0.2) is 0 Å². The van der Waals surface area contributed by atoms with E-state index >= 15 is 0 Å². The van der Waals surface area contributed by atoms with Gasteiger partial charge in [0.15, 0.2) is 0 Å². The Morgan fingerprint density at radius 2 is 1.93 bits per heavy atom. The molecule has 0 aliphatic rings. The van der Waals surface area contributed by atoms with Gasteiger partial charge in [0.1, 0.15) is 0 Å². The van der Waals surface area contributed by atoms with Crippen molar-refractivity contribution in [2.45, 2.75) is 33.0 Å². The number of aromatic nitrogens is 1. The van der Waals surface area contributed by atoms with Crippen LogP contribution in [0.3, 0.4) is 0 Å². The van der Waals surface area contributed by atoms with Gasteiger partial charge in [-0.1, -0.05) is 44.8 Å². The molecule has 0 saturated heterocycles. The van der Waals surface area contributed by atoms with Gasteiger partial charge in [0.05, 0.1) is 8.07 Å². The molecule has 1 heterocycles. The molecule has 0 unspecified atom stereocenters. The molecule has 1 N–H and O–H groups in total. The third-order valence-corrected chi connectivity index (χ3v) is 5.02. The van der Waals surface area contributed by atoms with E-state index < -0.39 is 8.07 Å². The molecule has 0 aliphatic heterocycles. The first-order valence-electron chi connectivity index (χ1n) is 5.63. The van der Waals surface area contributed by atoms with Crippen LogP contribution in [0.4, 0.5) is 0 Å². The van der Waals surface area contributed by atoms with Gasteiger partial charge in [0, 0.05) is 11.7 Å². The van der Waals surface area contributed by atoms with Crippen molar-refractivity contribution in [3.63, 3.8) is 0 Å². The average molecular weight is 217 g/mol. The van der Waals surface area contributed by atoms with E-state index in [1.54, 1.807) is 5.19 Å². The molecule has 0 bridgehead atoms. The lowest BCUT2D eigenvalue weighted by Crippen LogP contribution is -2.36. The topological polar surface area (TPSA) is 15.8 Å². The van der Waals surface area contributed by atoms with Crippen molar-refractivity contribution in [1.82, 2.24) is 4.98 Å². The highest BCUT2D eigenvalue weighted by Gasteiger charge is 2.20. The van der Waals surface area contributed by atoms with E-state index in [1.807, 2.05) is 0 Å². The minimum atomic E-state index is -1.21. The van der Waals surface area contributed by atoms with Gasteiger partial charge in [0.2, 0.25) is 0 Å². The highest BCUT2D eigenvalue weighted by molar-refractivity contribution is 6.90. The summed E-state index contributed by atoms with van der Waals surface area (Å²) in [6, 6.07) is 6.64. The van der Waals surface area contributed by atoms with Crippen LogP contribution < -0.4 is 5.19 Å². The second-order valence-electron chi connectivity index (χ2n) is 5.15. The van der Waals surface area contributed by atoms with Crippen LogP contribution in [0.1, 0.15) is 12.5 Å². The van der Waals surface area contributed by atoms with E-state index in [0.717, 1.165) is 6.42 Å². The maximum absolute atomic E-state index is 3.45. The SMILES string of the molecule is CCc1cccc2c([Si](C)(C)C)c[nH]c12. The van der Waals surface area contributed by atoms with Crippen molar-refractivity contribution in [3.05, 3.63) is 30.0 Å². The van der Waals surface area contributed by atoms with Crippen LogP contribution in [0.25, 0.3) is 10.9 Å². The Morgan fingerprint density at radius 1 is 1.20 bits per heavy atom. The summed E-state index contributed by atoms with van der Waals surface area (Å²) in [5.74, 6) is 0. The summed E-state index contributed by atoms with van der Waals surface area (Å²) in [6.45, 7) is 9.40. The molecule has 0 radical (unpaired) electrons. The maximum Gasteiger partial charge on any atom is 0.0803 e. The van der Waals surface area contributed by atoms with Crippen LogP contribution in [-0.2, 0) is 6.42 Å². The molecule has 1 nitrogen and oxygen atoms in total. The summed E-state index contributed by atoms with van der Waals surface area (Å²) in [7, 11) is -1.21. The van der Waals surface area contributed by atoms with E-state index in [4.69, 9.17) is 0 Å². The van der Waals surface area contributed by atoms with E-state index in [-0.39, 0.29) is 0 Å². The first-order chi connectivity index (χ1) is 7.04. The van der Waals surface area contributed by atoms with Crippen LogP contribution in [0, 0.1) is 0 Å². The van der Waals surface area contributed by atoms with Gasteiger partial charge in [-0.05, 0) is 22.6 Å². The smallest absolute Gasteiger partial charge is 0.0803 e. The zero-order valence-corrected chi connectivity index (χ0v) is 11.0. The summed E-state index contributed by atoms with van der Waals surface area (Å²) in [5.41, 5.74) is 2.77. The number of benzene rings is 1. The number of aromatic amines is 1. The van der Waals surface area contributed by atoms with E-state index in [1.165, 1.54) is 16.5 Å². The Kier molecular flexibility index (Phi) is 2.47. The van der Waals surface area contributed by atoms with Gasteiger partial charge in [-0.15, -0.1) is 0 Å². The molecular weight excluding hydrogens is 198 g/mol. The van der Waals surface area contributed by atoms with Crippen molar-refractivity contribution in [2.75, 3.05) is 0 Å². The molecule has 0 fully saturated rings. The fourth-order valence-corrected chi connectivity index (χ4v) is 3.65. The number of para-hydroxylation sites is 1. The second-order valence-corrected chi connectivity index (χ2v) is 10.2. The highest BCUT2D eigenvalue weighted by Crippen LogP contribution is 2.19. The lowest BCUT2D eigenvalue weighted by Gasteiger charge is -2.14. The molecule has 0 aliphatic carbocycles. The lowest BCUT2D eigenvalue weighted by molar-refractivity contribution is 1.15. The molecule has 0 spiro atoms. The van der Waals surface area contributed by atoms with Gasteiger partial charge in [-0.2, -0.15) is 0 Å². The molecule has 15 heavy (non-hydrogen) atoms. The molecule has 2 rings (SSSR count). The maximum atomic E-state index is 3.45. The number of H-pyrrole nitrogens is 1. The van der Waals surface area contributed by atoms with Crippen molar-refractivity contribution >= 4 is 24.2 Å². The van der Waals surface area contributed by atoms with Gasteiger partial charge in [-0.3, -0.25) is 0 Å². The molecule has 0 amide bonds. The molecule has 0 atom stereocenters. The Balaban J connectivity index is 2.72. The fraction of sp³-hybridized carbons (Fsp3) is 0.385. The summed E-state index contributed by atoms with van der Waals surface area (Å²) in [6.07, 6.45) is 3.32. The Morgan fingerprint density at radius 3 is 2.53 bits per heavy atom. The van der Waals surface area contributed by atoms with Crippen LogP contribution in [0.5, 0.6) is 0 Å². The number of fused-ring (bicyclic) bond motifs is 1. The van der Waals surface area contributed by atoms with Crippen LogP contribution in [-0.4, -0.2) is 13.1 Å². The Bertz CT molecular complexity index is 477. The summed E-state index contributed by atoms with van der Waals surface area (Å²) >= 11 is 0. The normalized spacial score (nSPS) is 12.3. The van der Waals surface area contributed by atoms with Gasteiger partial charge >= 0.3 is 0 Å². The van der Waals surface area contributed by atoms with E-state index in [0.29, 0.717) is 0 Å². The summed E-state index contributed by atoms with van der Waals surface area (Å²) in [5, 5.41) is 2.99. The molecule has 0 saturated carbocycles. The van der Waals surface area contributed by atoms with Crippen LogP contribution in [0.15, 0.2) is 24.4 Å². The van der Waals surface area contributed by atoms with Crippen molar-refractivity contribution in [1.29, 1.82) is 0 Å². The number of rotatable bonds is 2. The van der Waals surface area contributed by atoms with Crippen LogP contribution in [0.2, 0.25) is 19.6 Å². The van der Waals surface area contributed by atoms with E-state index in [2.05, 4.69) is 55.9 Å². The monoisotopic (exact) mass is 217 g/mol. The molecule has 1 aromatic heterocycles. The van der Waals surface area contributed by atoms with Crippen LogP contribution >= 0.6 is 0 Å². The summed E-state index contributed by atoms with van der Waals surface area (Å²) in [4.78, 5) is 3.45. The predicted octanol–water partition coefficient (Wildman–Crippen LogP) is 3.28. The second kappa shape index (κ2) is 3.53. The molecule has 2 aromatic rings. The van der Waals surface area contributed by atoms with Gasteiger partial charge in [0.25, 0.3) is 0 Å². The predicted molar refractivity (Wildman–Crippen MR) is 70.7 cm³/mol.